The number of pyridine rings is 1. The van der Waals surface area contributed by atoms with Gasteiger partial charge in [0.1, 0.15) is 5.69 Å². The normalized spacial score (nSPS) is 16.7. The number of carbonyl (C=O) groups excluding carboxylic acids is 1. The predicted octanol–water partition coefficient (Wildman–Crippen LogP) is 2.92. The highest BCUT2D eigenvalue weighted by atomic mass is 16.2. The molecule has 19 heavy (non-hydrogen) atoms. The molecule has 0 aromatic carbocycles. The minimum atomic E-state index is 0.0366. The lowest BCUT2D eigenvalue weighted by Gasteiger charge is -2.27. The summed E-state index contributed by atoms with van der Waals surface area (Å²) in [7, 11) is 3.75. The highest BCUT2D eigenvalue weighted by molar-refractivity contribution is 5.92. The second kappa shape index (κ2) is 6.55. The lowest BCUT2D eigenvalue weighted by Crippen LogP contribution is -2.37. The summed E-state index contributed by atoms with van der Waals surface area (Å²) in [4.78, 5) is 18.5. The standard InChI is InChI=1S/C15H23N3O/c1-16-12-9-10-14(17-11-12)15(19)18(2)13-7-5-3-4-6-8-13/h9-11,13,16H,3-8H2,1-2H3. The lowest BCUT2D eigenvalue weighted by atomic mass is 10.1. The maximum atomic E-state index is 12.4. The van der Waals surface area contributed by atoms with Crippen molar-refractivity contribution in [2.75, 3.05) is 19.4 Å². The van der Waals surface area contributed by atoms with Crippen LogP contribution in [0.2, 0.25) is 0 Å². The molecule has 1 aromatic rings. The molecule has 1 N–H and O–H groups in total. The van der Waals surface area contributed by atoms with Gasteiger partial charge in [-0.2, -0.15) is 0 Å². The summed E-state index contributed by atoms with van der Waals surface area (Å²) in [6.45, 7) is 0. The van der Waals surface area contributed by atoms with Gasteiger partial charge in [0, 0.05) is 20.1 Å². The van der Waals surface area contributed by atoms with E-state index >= 15 is 0 Å². The third-order valence-corrected chi connectivity index (χ3v) is 3.96. The number of amides is 1. The molecule has 1 aliphatic carbocycles. The average Bonchev–Trinajstić information content (AvgIpc) is 2.75. The van der Waals surface area contributed by atoms with E-state index in [0.29, 0.717) is 11.7 Å². The van der Waals surface area contributed by atoms with Crippen molar-refractivity contribution in [3.8, 4) is 0 Å². The van der Waals surface area contributed by atoms with E-state index in [1.165, 1.54) is 25.7 Å². The van der Waals surface area contributed by atoms with Crippen LogP contribution in [-0.4, -0.2) is 35.9 Å². The first-order chi connectivity index (χ1) is 9.22. The molecule has 104 valence electrons. The Morgan fingerprint density at radius 1 is 1.26 bits per heavy atom. The van der Waals surface area contributed by atoms with E-state index in [9.17, 15) is 4.79 Å². The van der Waals surface area contributed by atoms with Gasteiger partial charge in [-0.15, -0.1) is 0 Å². The molecule has 0 atom stereocenters. The summed E-state index contributed by atoms with van der Waals surface area (Å²) in [6.07, 6.45) is 9.01. The van der Waals surface area contributed by atoms with Crippen LogP contribution in [-0.2, 0) is 0 Å². The second-order valence-electron chi connectivity index (χ2n) is 5.24. The van der Waals surface area contributed by atoms with Crippen molar-refractivity contribution in [2.45, 2.75) is 44.6 Å². The number of anilines is 1. The predicted molar refractivity (Wildman–Crippen MR) is 77.4 cm³/mol. The minimum absolute atomic E-state index is 0.0366. The van der Waals surface area contributed by atoms with E-state index < -0.39 is 0 Å². The summed E-state index contributed by atoms with van der Waals surface area (Å²) >= 11 is 0. The van der Waals surface area contributed by atoms with Crippen molar-refractivity contribution in [1.29, 1.82) is 0 Å². The van der Waals surface area contributed by atoms with Gasteiger partial charge >= 0.3 is 0 Å². The molecule has 0 unspecified atom stereocenters. The highest BCUT2D eigenvalue weighted by Gasteiger charge is 2.22. The molecule has 1 fully saturated rings. The molecule has 0 aliphatic heterocycles. The van der Waals surface area contributed by atoms with Crippen LogP contribution in [0.5, 0.6) is 0 Å². The summed E-state index contributed by atoms with van der Waals surface area (Å²) in [5.74, 6) is 0.0366. The van der Waals surface area contributed by atoms with Crippen molar-refractivity contribution in [3.05, 3.63) is 24.0 Å². The van der Waals surface area contributed by atoms with Gasteiger partial charge < -0.3 is 10.2 Å². The fraction of sp³-hybridized carbons (Fsp3) is 0.600. The van der Waals surface area contributed by atoms with Crippen LogP contribution in [0.1, 0.15) is 49.0 Å². The largest absolute Gasteiger partial charge is 0.387 e. The van der Waals surface area contributed by atoms with Gasteiger partial charge in [0.05, 0.1) is 11.9 Å². The first-order valence-corrected chi connectivity index (χ1v) is 7.13. The van der Waals surface area contributed by atoms with Gasteiger partial charge in [0.15, 0.2) is 0 Å². The molecule has 0 spiro atoms. The van der Waals surface area contributed by atoms with E-state index in [0.717, 1.165) is 18.5 Å². The molecule has 4 nitrogen and oxygen atoms in total. The SMILES string of the molecule is CNc1ccc(C(=O)N(C)C2CCCCCC2)nc1. The molecule has 1 aliphatic rings. The van der Waals surface area contributed by atoms with Gasteiger partial charge in [0.2, 0.25) is 0 Å². The topological polar surface area (TPSA) is 45.2 Å². The Morgan fingerprint density at radius 3 is 2.47 bits per heavy atom. The Morgan fingerprint density at radius 2 is 1.95 bits per heavy atom. The van der Waals surface area contributed by atoms with E-state index in [1.807, 2.05) is 25.1 Å². The summed E-state index contributed by atoms with van der Waals surface area (Å²) in [6, 6.07) is 4.06. The van der Waals surface area contributed by atoms with Crippen molar-refractivity contribution < 1.29 is 4.79 Å². The number of rotatable bonds is 3. The van der Waals surface area contributed by atoms with Gasteiger partial charge in [-0.25, -0.2) is 4.98 Å². The highest BCUT2D eigenvalue weighted by Crippen LogP contribution is 2.22. The quantitative estimate of drug-likeness (QED) is 0.851. The molecule has 0 saturated heterocycles. The minimum Gasteiger partial charge on any atom is -0.387 e. The lowest BCUT2D eigenvalue weighted by molar-refractivity contribution is 0.0712. The fourth-order valence-corrected chi connectivity index (χ4v) is 2.66. The molecule has 0 bridgehead atoms. The average molecular weight is 261 g/mol. The van der Waals surface area contributed by atoms with E-state index in [1.54, 1.807) is 12.3 Å². The Balaban J connectivity index is 2.04. The number of nitrogens with one attached hydrogen (secondary N) is 1. The van der Waals surface area contributed by atoms with Crippen molar-refractivity contribution in [3.63, 3.8) is 0 Å². The van der Waals surface area contributed by atoms with Crippen molar-refractivity contribution in [1.82, 2.24) is 9.88 Å². The van der Waals surface area contributed by atoms with Crippen LogP contribution in [0, 0.1) is 0 Å². The maximum Gasteiger partial charge on any atom is 0.272 e. The zero-order chi connectivity index (χ0) is 13.7. The molecule has 1 aromatic heterocycles. The first-order valence-electron chi connectivity index (χ1n) is 7.13. The monoisotopic (exact) mass is 261 g/mol. The van der Waals surface area contributed by atoms with Crippen LogP contribution in [0.15, 0.2) is 18.3 Å². The van der Waals surface area contributed by atoms with Crippen LogP contribution < -0.4 is 5.32 Å². The zero-order valence-electron chi connectivity index (χ0n) is 11.9. The van der Waals surface area contributed by atoms with Crippen molar-refractivity contribution in [2.24, 2.45) is 0 Å². The number of nitrogens with zero attached hydrogens (tertiary/aromatic N) is 2. The molecule has 1 amide bonds. The van der Waals surface area contributed by atoms with E-state index in [4.69, 9.17) is 0 Å². The number of carbonyl (C=O) groups is 1. The van der Waals surface area contributed by atoms with Gasteiger partial charge in [0.25, 0.3) is 5.91 Å². The Labute approximate surface area is 115 Å². The summed E-state index contributed by atoms with van der Waals surface area (Å²) < 4.78 is 0. The molecular weight excluding hydrogens is 238 g/mol. The third-order valence-electron chi connectivity index (χ3n) is 3.96. The first kappa shape index (κ1) is 13.8. The second-order valence-corrected chi connectivity index (χ2v) is 5.24. The number of aromatic nitrogens is 1. The smallest absolute Gasteiger partial charge is 0.272 e. The van der Waals surface area contributed by atoms with Crippen LogP contribution in [0.3, 0.4) is 0 Å². The molecule has 1 saturated carbocycles. The number of hydrogen-bond acceptors (Lipinski definition) is 3. The molecule has 0 radical (unpaired) electrons. The molecule has 2 rings (SSSR count). The summed E-state index contributed by atoms with van der Waals surface area (Å²) in [5, 5.41) is 3.01. The Kier molecular flexibility index (Phi) is 4.77. The van der Waals surface area contributed by atoms with Crippen LogP contribution in [0.4, 0.5) is 5.69 Å². The van der Waals surface area contributed by atoms with E-state index in [-0.39, 0.29) is 5.91 Å². The zero-order valence-corrected chi connectivity index (χ0v) is 11.9. The van der Waals surface area contributed by atoms with Gasteiger partial charge in [-0.05, 0) is 25.0 Å². The molecular formula is C15H23N3O. The fourth-order valence-electron chi connectivity index (χ4n) is 2.66. The Hall–Kier alpha value is -1.58. The summed E-state index contributed by atoms with van der Waals surface area (Å²) in [5.41, 5.74) is 1.46. The van der Waals surface area contributed by atoms with Crippen LogP contribution in [0.25, 0.3) is 0 Å². The van der Waals surface area contributed by atoms with Crippen LogP contribution >= 0.6 is 0 Å². The third kappa shape index (κ3) is 3.46. The maximum absolute atomic E-state index is 12.4. The molecule has 1 heterocycles. The van der Waals surface area contributed by atoms with Gasteiger partial charge in [-0.3, -0.25) is 4.79 Å². The van der Waals surface area contributed by atoms with Crippen molar-refractivity contribution >= 4 is 11.6 Å². The number of hydrogen-bond donors (Lipinski definition) is 1. The van der Waals surface area contributed by atoms with E-state index in [2.05, 4.69) is 10.3 Å². The van der Waals surface area contributed by atoms with Gasteiger partial charge in [-0.1, -0.05) is 25.7 Å². The Bertz CT molecular complexity index is 408. The molecule has 4 heteroatoms.